The number of aromatic nitrogens is 3. The molecule has 0 bridgehead atoms. The van der Waals surface area contributed by atoms with Gasteiger partial charge < -0.3 is 10.6 Å². The molecule has 0 spiro atoms. The average molecular weight is 341 g/mol. The number of nitrogens with zero attached hydrogens (tertiary/aromatic N) is 3. The van der Waals surface area contributed by atoms with Gasteiger partial charge in [0, 0.05) is 10.6 Å². The molecular weight excluding hydrogens is 324 g/mol. The minimum absolute atomic E-state index is 0.142. The second kappa shape index (κ2) is 7.51. The number of ether oxygens (including phenoxy) is 1. The number of thioether (sulfide) groups is 1. The number of rotatable bonds is 6. The van der Waals surface area contributed by atoms with Gasteiger partial charge in [0.25, 0.3) is 0 Å². The third-order valence-electron chi connectivity index (χ3n) is 2.66. The Morgan fingerprint density at radius 2 is 2.05 bits per heavy atom. The Labute approximate surface area is 138 Å². The molecule has 0 radical (unpaired) electrons. The Bertz CT molecular complexity index is 643. The van der Waals surface area contributed by atoms with E-state index in [0.29, 0.717) is 28.5 Å². The molecule has 1 heterocycles. The van der Waals surface area contributed by atoms with Crippen LogP contribution >= 0.6 is 23.4 Å². The van der Waals surface area contributed by atoms with Crippen LogP contribution in [0.25, 0.3) is 11.4 Å². The molecule has 0 aliphatic rings. The molecule has 1 aromatic carbocycles. The fourth-order valence-corrected chi connectivity index (χ4v) is 2.38. The molecule has 1 aromatic heterocycles. The second-order valence-electron chi connectivity index (χ2n) is 5.05. The fourth-order valence-electron chi connectivity index (χ4n) is 1.60. The maximum atomic E-state index is 11.6. The predicted molar refractivity (Wildman–Crippen MR) is 87.1 cm³/mol. The molecule has 6 nitrogen and oxygen atoms in total. The molecule has 0 unspecified atom stereocenters. The van der Waals surface area contributed by atoms with Crippen LogP contribution in [-0.2, 0) is 9.53 Å². The van der Waals surface area contributed by atoms with Crippen LogP contribution in [0.5, 0.6) is 0 Å². The van der Waals surface area contributed by atoms with Crippen molar-refractivity contribution in [3.8, 4) is 11.4 Å². The Morgan fingerprint density at radius 1 is 1.36 bits per heavy atom. The smallest absolute Gasteiger partial charge is 0.316 e. The summed E-state index contributed by atoms with van der Waals surface area (Å²) in [6.45, 7) is 4.37. The van der Waals surface area contributed by atoms with E-state index in [0.717, 1.165) is 5.56 Å². The lowest BCUT2D eigenvalue weighted by Gasteiger charge is -2.07. The number of hydrogen-bond donors (Lipinski definition) is 1. The van der Waals surface area contributed by atoms with E-state index in [2.05, 4.69) is 10.2 Å². The fraction of sp³-hybridized carbons (Fsp3) is 0.357. The molecule has 8 heteroatoms. The summed E-state index contributed by atoms with van der Waals surface area (Å²) in [4.78, 5) is 11.6. The Morgan fingerprint density at radius 3 is 2.68 bits per heavy atom. The van der Waals surface area contributed by atoms with Gasteiger partial charge >= 0.3 is 5.97 Å². The zero-order chi connectivity index (χ0) is 16.1. The molecule has 0 aliphatic heterocycles. The van der Waals surface area contributed by atoms with Crippen molar-refractivity contribution < 1.29 is 9.53 Å². The van der Waals surface area contributed by atoms with Crippen molar-refractivity contribution >= 4 is 29.3 Å². The zero-order valence-electron chi connectivity index (χ0n) is 12.3. The van der Waals surface area contributed by atoms with Crippen LogP contribution in [0.2, 0.25) is 5.02 Å². The standard InChI is InChI=1S/C14H17ClN4O2S/c1-9(2)7-21-12(20)8-22-14-18-17-13(19(14)16)10-3-5-11(15)6-4-10/h3-6,9H,7-8,16H2,1-2H3. The summed E-state index contributed by atoms with van der Waals surface area (Å²) in [6.07, 6.45) is 0. The minimum Gasteiger partial charge on any atom is -0.465 e. The van der Waals surface area contributed by atoms with Crippen molar-refractivity contribution in [2.45, 2.75) is 19.0 Å². The highest BCUT2D eigenvalue weighted by molar-refractivity contribution is 7.99. The minimum atomic E-state index is -0.297. The number of nitrogen functional groups attached to an aromatic ring is 1. The van der Waals surface area contributed by atoms with E-state index in [-0.39, 0.29) is 11.7 Å². The predicted octanol–water partition coefficient (Wildman–Crippen LogP) is 2.60. The first kappa shape index (κ1) is 16.6. The maximum absolute atomic E-state index is 11.6. The third-order valence-corrected chi connectivity index (χ3v) is 3.83. The molecule has 0 fully saturated rings. The van der Waals surface area contributed by atoms with Gasteiger partial charge in [-0.25, -0.2) is 4.68 Å². The quantitative estimate of drug-likeness (QED) is 0.494. The topological polar surface area (TPSA) is 83.0 Å². The summed E-state index contributed by atoms with van der Waals surface area (Å²) < 4.78 is 6.45. The summed E-state index contributed by atoms with van der Waals surface area (Å²) in [5, 5.41) is 9.12. The summed E-state index contributed by atoms with van der Waals surface area (Å²) in [5.41, 5.74) is 0.800. The monoisotopic (exact) mass is 340 g/mol. The van der Waals surface area contributed by atoms with Crippen LogP contribution in [0.4, 0.5) is 0 Å². The Hall–Kier alpha value is -1.73. The van der Waals surface area contributed by atoms with Crippen molar-refractivity contribution in [3.63, 3.8) is 0 Å². The van der Waals surface area contributed by atoms with Gasteiger partial charge in [-0.2, -0.15) is 0 Å². The summed E-state index contributed by atoms with van der Waals surface area (Å²) >= 11 is 7.04. The number of halogens is 1. The molecule has 0 amide bonds. The molecule has 0 aliphatic carbocycles. The normalized spacial score (nSPS) is 10.9. The van der Waals surface area contributed by atoms with Gasteiger partial charge in [-0.3, -0.25) is 4.79 Å². The van der Waals surface area contributed by atoms with Gasteiger partial charge in [0.15, 0.2) is 5.82 Å². The Kier molecular flexibility index (Phi) is 5.68. The summed E-state index contributed by atoms with van der Waals surface area (Å²) in [7, 11) is 0. The van der Waals surface area contributed by atoms with Crippen LogP contribution in [0.15, 0.2) is 29.4 Å². The maximum Gasteiger partial charge on any atom is 0.316 e. The van der Waals surface area contributed by atoms with Gasteiger partial charge in [0.05, 0.1) is 12.4 Å². The van der Waals surface area contributed by atoms with E-state index < -0.39 is 0 Å². The van der Waals surface area contributed by atoms with E-state index in [1.54, 1.807) is 24.3 Å². The lowest BCUT2D eigenvalue weighted by atomic mass is 10.2. The molecule has 2 rings (SSSR count). The van der Waals surface area contributed by atoms with Crippen molar-refractivity contribution in [2.24, 2.45) is 5.92 Å². The molecular formula is C14H17ClN4O2S. The lowest BCUT2D eigenvalue weighted by molar-refractivity contribution is -0.141. The SMILES string of the molecule is CC(C)COC(=O)CSc1nnc(-c2ccc(Cl)cc2)n1N. The molecule has 2 N–H and O–H groups in total. The summed E-state index contributed by atoms with van der Waals surface area (Å²) in [5.74, 6) is 6.63. The molecule has 22 heavy (non-hydrogen) atoms. The number of carbonyl (C=O) groups is 1. The summed E-state index contributed by atoms with van der Waals surface area (Å²) in [6, 6.07) is 7.12. The first-order chi connectivity index (χ1) is 10.5. The van der Waals surface area contributed by atoms with Crippen molar-refractivity contribution in [2.75, 3.05) is 18.2 Å². The van der Waals surface area contributed by atoms with Crippen LogP contribution in [-0.4, -0.2) is 33.2 Å². The number of benzene rings is 1. The lowest BCUT2D eigenvalue weighted by Crippen LogP contribution is -2.14. The number of nitrogens with two attached hydrogens (primary N) is 1. The van der Waals surface area contributed by atoms with Gasteiger partial charge in [-0.1, -0.05) is 37.2 Å². The third kappa shape index (κ3) is 4.38. The van der Waals surface area contributed by atoms with E-state index in [1.165, 1.54) is 16.4 Å². The first-order valence-electron chi connectivity index (χ1n) is 6.72. The van der Waals surface area contributed by atoms with Crippen LogP contribution < -0.4 is 5.84 Å². The second-order valence-corrected chi connectivity index (χ2v) is 6.43. The van der Waals surface area contributed by atoms with Gasteiger partial charge in [0.1, 0.15) is 0 Å². The average Bonchev–Trinajstić information content (AvgIpc) is 2.85. The van der Waals surface area contributed by atoms with Gasteiger partial charge in [-0.05, 0) is 30.2 Å². The van der Waals surface area contributed by atoms with Gasteiger partial charge in [0.2, 0.25) is 5.16 Å². The molecule has 118 valence electrons. The highest BCUT2D eigenvalue weighted by Gasteiger charge is 2.14. The first-order valence-corrected chi connectivity index (χ1v) is 8.08. The van der Waals surface area contributed by atoms with Crippen molar-refractivity contribution in [3.05, 3.63) is 29.3 Å². The Balaban J connectivity index is 1.99. The van der Waals surface area contributed by atoms with E-state index in [4.69, 9.17) is 22.2 Å². The molecule has 2 aromatic rings. The molecule has 0 saturated carbocycles. The molecule has 0 saturated heterocycles. The number of carbonyl (C=O) groups excluding carboxylic acids is 1. The van der Waals surface area contributed by atoms with Crippen molar-refractivity contribution in [1.82, 2.24) is 14.9 Å². The highest BCUT2D eigenvalue weighted by Crippen LogP contribution is 2.23. The molecule has 0 atom stereocenters. The van der Waals surface area contributed by atoms with Crippen LogP contribution in [0, 0.1) is 5.92 Å². The van der Waals surface area contributed by atoms with E-state index >= 15 is 0 Å². The van der Waals surface area contributed by atoms with Crippen molar-refractivity contribution in [1.29, 1.82) is 0 Å². The van der Waals surface area contributed by atoms with E-state index in [1.807, 2.05) is 13.8 Å². The number of hydrogen-bond acceptors (Lipinski definition) is 6. The zero-order valence-corrected chi connectivity index (χ0v) is 13.9. The van der Waals surface area contributed by atoms with Crippen LogP contribution in [0.1, 0.15) is 13.8 Å². The highest BCUT2D eigenvalue weighted by atomic mass is 35.5. The number of esters is 1. The van der Waals surface area contributed by atoms with Gasteiger partial charge in [-0.15, -0.1) is 10.2 Å². The largest absolute Gasteiger partial charge is 0.465 e. The van der Waals surface area contributed by atoms with Crippen LogP contribution in [0.3, 0.4) is 0 Å². The van der Waals surface area contributed by atoms with E-state index in [9.17, 15) is 4.79 Å².